The van der Waals surface area contributed by atoms with Gasteiger partial charge in [0.15, 0.2) is 5.75 Å². The number of pyridine rings is 1. The molecule has 7 nitrogen and oxygen atoms in total. The highest BCUT2D eigenvalue weighted by atomic mass is 35.5. The molecule has 0 bridgehead atoms. The zero-order valence-corrected chi connectivity index (χ0v) is 16.7. The zero-order valence-electron chi connectivity index (χ0n) is 15.2. The van der Waals surface area contributed by atoms with Crippen LogP contribution in [0.25, 0.3) is 0 Å². The number of nitrogens with one attached hydrogen (secondary N) is 2. The van der Waals surface area contributed by atoms with Crippen molar-refractivity contribution in [3.05, 3.63) is 77.6 Å². The third-order valence-electron chi connectivity index (χ3n) is 4.17. The zero-order chi connectivity index (χ0) is 20.3. The normalized spacial score (nSPS) is 15.8. The van der Waals surface area contributed by atoms with Gasteiger partial charge in [0.1, 0.15) is 16.3 Å². The van der Waals surface area contributed by atoms with Crippen LogP contribution in [-0.4, -0.2) is 25.9 Å². The fraction of sp³-hybridized carbons (Fsp3) is 0.100. The first-order valence-corrected chi connectivity index (χ1v) is 10.7. The van der Waals surface area contributed by atoms with Crippen molar-refractivity contribution in [1.82, 2.24) is 9.71 Å². The molecule has 2 N–H and O–H groups in total. The molecule has 0 radical (unpaired) electrons. The Kier molecular flexibility index (Phi) is 5.37. The molecular weight excluding hydrogens is 412 g/mol. The molecule has 3 aromatic rings. The van der Waals surface area contributed by atoms with E-state index in [1.54, 1.807) is 42.6 Å². The van der Waals surface area contributed by atoms with E-state index in [0.717, 1.165) is 5.69 Å². The molecule has 0 unspecified atom stereocenters. The number of para-hydroxylation sites is 2. The number of rotatable bonds is 5. The van der Waals surface area contributed by atoms with Gasteiger partial charge in [-0.1, -0.05) is 35.9 Å². The number of hydrogen-bond donors (Lipinski definition) is 2. The molecule has 148 valence electrons. The number of guanidine groups is 1. The predicted octanol–water partition coefficient (Wildman–Crippen LogP) is 3.83. The third-order valence-corrected chi connectivity index (χ3v) is 5.87. The van der Waals surface area contributed by atoms with Crippen LogP contribution in [0, 0.1) is 0 Å². The van der Waals surface area contributed by atoms with E-state index in [4.69, 9.17) is 16.3 Å². The molecule has 4 rings (SSSR count). The van der Waals surface area contributed by atoms with Gasteiger partial charge in [-0.3, -0.25) is 9.98 Å². The Bertz CT molecular complexity index is 1170. The van der Waals surface area contributed by atoms with Gasteiger partial charge in [0.2, 0.25) is 5.96 Å². The van der Waals surface area contributed by atoms with Crippen molar-refractivity contribution in [2.24, 2.45) is 4.99 Å². The second-order valence-corrected chi connectivity index (χ2v) is 8.25. The van der Waals surface area contributed by atoms with E-state index in [0.29, 0.717) is 35.2 Å². The van der Waals surface area contributed by atoms with Gasteiger partial charge in [0.05, 0.1) is 5.02 Å². The molecule has 1 aromatic heterocycles. The topological polar surface area (TPSA) is 92.7 Å². The molecule has 9 heteroatoms. The average Bonchev–Trinajstić information content (AvgIpc) is 2.71. The van der Waals surface area contributed by atoms with E-state index in [-0.39, 0.29) is 10.9 Å². The van der Waals surface area contributed by atoms with Crippen LogP contribution < -0.4 is 14.8 Å². The quantitative estimate of drug-likeness (QED) is 0.644. The Morgan fingerprint density at radius 1 is 1.00 bits per heavy atom. The van der Waals surface area contributed by atoms with Crippen molar-refractivity contribution in [2.75, 3.05) is 11.9 Å². The van der Waals surface area contributed by atoms with Crippen LogP contribution in [0.1, 0.15) is 5.69 Å². The molecule has 2 heterocycles. The van der Waals surface area contributed by atoms with Gasteiger partial charge in [-0.25, -0.2) is 13.1 Å². The summed E-state index contributed by atoms with van der Waals surface area (Å²) in [4.78, 5) is 8.64. The number of fused-ring (bicyclic) bond motifs is 1. The maximum Gasteiger partial charge on any atom is 0.266 e. The molecule has 1 aliphatic rings. The maximum absolute atomic E-state index is 12.7. The number of sulfonamides is 1. The number of ether oxygens (including phenoxy) is 1. The van der Waals surface area contributed by atoms with Gasteiger partial charge in [0.25, 0.3) is 10.0 Å². The number of hydrogen-bond acceptors (Lipinski definition) is 5. The number of anilines is 1. The minimum atomic E-state index is -3.78. The smallest absolute Gasteiger partial charge is 0.266 e. The molecule has 0 saturated heterocycles. The van der Waals surface area contributed by atoms with Crippen molar-refractivity contribution >= 4 is 33.3 Å². The summed E-state index contributed by atoms with van der Waals surface area (Å²) in [7, 11) is -3.78. The van der Waals surface area contributed by atoms with Crippen molar-refractivity contribution in [2.45, 2.75) is 11.3 Å². The van der Waals surface area contributed by atoms with Crippen LogP contribution in [0.15, 0.2) is 76.7 Å². The molecule has 0 spiro atoms. The standard InChI is InChI=1S/C20H17ClN4O3S/c21-15-7-1-2-8-16(15)28-17-9-5-10-18-19(17)24-20(25-29(18,26)27)23-13-11-14-6-3-4-12-22-14/h1-10,12H,11,13H2,(H2,23,24,25). The Morgan fingerprint density at radius 3 is 2.59 bits per heavy atom. The summed E-state index contributed by atoms with van der Waals surface area (Å²) in [5, 5.41) is 3.44. The fourth-order valence-electron chi connectivity index (χ4n) is 2.82. The van der Waals surface area contributed by atoms with E-state index in [1.165, 1.54) is 6.07 Å². The van der Waals surface area contributed by atoms with Crippen LogP contribution in [0.5, 0.6) is 11.5 Å². The number of aromatic nitrogens is 1. The van der Waals surface area contributed by atoms with E-state index in [1.807, 2.05) is 18.2 Å². The lowest BCUT2D eigenvalue weighted by molar-refractivity contribution is 0.483. The maximum atomic E-state index is 12.7. The summed E-state index contributed by atoms with van der Waals surface area (Å²) in [5.41, 5.74) is 1.18. The molecule has 29 heavy (non-hydrogen) atoms. The second-order valence-electron chi connectivity index (χ2n) is 6.19. The summed E-state index contributed by atoms with van der Waals surface area (Å²) in [6, 6.07) is 17.4. The highest BCUT2D eigenvalue weighted by Crippen LogP contribution is 2.38. The minimum Gasteiger partial charge on any atom is -0.454 e. The van der Waals surface area contributed by atoms with Gasteiger partial charge in [-0.2, -0.15) is 0 Å². The first kappa shape index (κ1) is 19.2. The number of aliphatic imine (C=N–C) groups is 1. The second kappa shape index (κ2) is 8.10. The third kappa shape index (κ3) is 4.33. The summed E-state index contributed by atoms with van der Waals surface area (Å²) in [6.07, 6.45) is 2.29. The van der Waals surface area contributed by atoms with Gasteiger partial charge in [0, 0.05) is 24.9 Å². The van der Waals surface area contributed by atoms with E-state index in [9.17, 15) is 8.42 Å². The van der Waals surface area contributed by atoms with Crippen molar-refractivity contribution < 1.29 is 13.2 Å². The number of nitrogens with zero attached hydrogens (tertiary/aromatic N) is 2. The molecular formula is C20H17ClN4O3S. The van der Waals surface area contributed by atoms with Crippen molar-refractivity contribution in [3.63, 3.8) is 0 Å². The van der Waals surface area contributed by atoms with Crippen LogP contribution in [0.2, 0.25) is 5.02 Å². The molecule has 0 atom stereocenters. The molecule has 2 aromatic carbocycles. The predicted molar refractivity (Wildman–Crippen MR) is 112 cm³/mol. The van der Waals surface area contributed by atoms with Gasteiger partial charge >= 0.3 is 0 Å². The van der Waals surface area contributed by atoms with Gasteiger partial charge in [-0.15, -0.1) is 0 Å². The summed E-state index contributed by atoms with van der Waals surface area (Å²) in [5.74, 6) is 0.885. The molecule has 0 saturated carbocycles. The summed E-state index contributed by atoms with van der Waals surface area (Å²) >= 11 is 6.16. The Balaban J connectivity index is 1.61. The van der Waals surface area contributed by atoms with Crippen LogP contribution in [-0.2, 0) is 16.4 Å². The van der Waals surface area contributed by atoms with Crippen LogP contribution >= 0.6 is 11.6 Å². The van der Waals surface area contributed by atoms with Crippen molar-refractivity contribution in [1.29, 1.82) is 0 Å². The van der Waals surface area contributed by atoms with Crippen LogP contribution in [0.3, 0.4) is 0 Å². The van der Waals surface area contributed by atoms with E-state index in [2.05, 4.69) is 20.0 Å². The highest BCUT2D eigenvalue weighted by Gasteiger charge is 2.29. The summed E-state index contributed by atoms with van der Waals surface area (Å²) < 4.78 is 33.6. The Hall–Kier alpha value is -3.10. The van der Waals surface area contributed by atoms with Gasteiger partial charge < -0.3 is 10.1 Å². The van der Waals surface area contributed by atoms with Crippen LogP contribution in [0.4, 0.5) is 5.69 Å². The highest BCUT2D eigenvalue weighted by molar-refractivity contribution is 7.90. The lowest BCUT2D eigenvalue weighted by Gasteiger charge is -2.23. The average molecular weight is 429 g/mol. The SMILES string of the molecule is O=S1(=O)NC(=NCCc2ccccn2)Nc2c(Oc3ccccc3Cl)cccc21. The molecule has 0 amide bonds. The first-order chi connectivity index (χ1) is 14.0. The van der Waals surface area contributed by atoms with Crippen molar-refractivity contribution in [3.8, 4) is 11.5 Å². The lowest BCUT2D eigenvalue weighted by atomic mass is 10.2. The lowest BCUT2D eigenvalue weighted by Crippen LogP contribution is -2.41. The molecule has 1 aliphatic heterocycles. The van der Waals surface area contributed by atoms with Gasteiger partial charge in [-0.05, 0) is 36.4 Å². The Morgan fingerprint density at radius 2 is 1.79 bits per heavy atom. The summed E-state index contributed by atoms with van der Waals surface area (Å²) in [6.45, 7) is 0.366. The first-order valence-electron chi connectivity index (χ1n) is 8.82. The largest absolute Gasteiger partial charge is 0.454 e. The number of halogens is 1. The molecule has 0 fully saturated rings. The van der Waals surface area contributed by atoms with E-state index < -0.39 is 10.0 Å². The number of benzene rings is 2. The monoisotopic (exact) mass is 428 g/mol. The van der Waals surface area contributed by atoms with E-state index >= 15 is 0 Å². The fourth-order valence-corrected chi connectivity index (χ4v) is 4.15. The Labute approximate surface area is 173 Å². The minimum absolute atomic E-state index is 0.0747. The molecule has 0 aliphatic carbocycles.